The lowest BCUT2D eigenvalue weighted by Crippen LogP contribution is -2.04. The normalized spacial score (nSPS) is 11.3. The highest BCUT2D eigenvalue weighted by atomic mass is 14.2. The van der Waals surface area contributed by atoms with Gasteiger partial charge in [-0.25, -0.2) is 0 Å². The molecule has 0 aliphatic heterocycles. The molecule has 0 amide bonds. The topological polar surface area (TPSA) is 0 Å². The van der Waals surface area contributed by atoms with Crippen LogP contribution in [0, 0.1) is 6.92 Å². The molecule has 0 aromatic heterocycles. The maximum absolute atomic E-state index is 4.21. The van der Waals surface area contributed by atoms with E-state index in [9.17, 15) is 0 Å². The Morgan fingerprint density at radius 2 is 0.897 bits per heavy atom. The predicted octanol–water partition coefficient (Wildman–Crippen LogP) is 9.60. The highest BCUT2D eigenvalue weighted by Crippen LogP contribution is 2.25. The maximum Gasteiger partial charge on any atom is -0.0273 e. The van der Waals surface area contributed by atoms with Crippen LogP contribution in [0.15, 0.2) is 12.1 Å². The lowest BCUT2D eigenvalue weighted by atomic mass is 9.88. The molecule has 0 N–H and O–H groups in total. The Balaban J connectivity index is 2.81. The molecule has 0 spiro atoms. The number of aryl methyl sites for hydroxylation is 2. The van der Waals surface area contributed by atoms with Crippen molar-refractivity contribution in [3.8, 4) is 0 Å². The minimum atomic E-state index is 0.933. The number of rotatable bonds is 19. The average Bonchev–Trinajstić information content (AvgIpc) is 2.74. The van der Waals surface area contributed by atoms with Crippen LogP contribution in [0.2, 0.25) is 0 Å². The highest BCUT2D eigenvalue weighted by Gasteiger charge is 2.11. The SMILES string of the molecule is [CH2]Cc1cc(CCCCCCC)c(CCCCCCC)c(CCCCCCC)c1. The second-order valence-electron chi connectivity index (χ2n) is 9.14. The van der Waals surface area contributed by atoms with Crippen molar-refractivity contribution in [1.29, 1.82) is 0 Å². The summed E-state index contributed by atoms with van der Waals surface area (Å²) in [5.74, 6) is 0. The Kier molecular flexibility index (Phi) is 16.3. The van der Waals surface area contributed by atoms with Crippen LogP contribution in [0.1, 0.15) is 139 Å². The Labute approximate surface area is 184 Å². The van der Waals surface area contributed by atoms with Gasteiger partial charge in [0.1, 0.15) is 0 Å². The van der Waals surface area contributed by atoms with E-state index in [0.29, 0.717) is 0 Å². The van der Waals surface area contributed by atoms with Crippen molar-refractivity contribution in [3.05, 3.63) is 41.3 Å². The molecule has 0 heterocycles. The van der Waals surface area contributed by atoms with Gasteiger partial charge in [0.05, 0.1) is 0 Å². The summed E-state index contributed by atoms with van der Waals surface area (Å²) in [7, 11) is 0. The minimum Gasteiger partial charge on any atom is -0.0654 e. The highest BCUT2D eigenvalue weighted by molar-refractivity contribution is 5.40. The first-order valence-corrected chi connectivity index (χ1v) is 13.2. The summed E-state index contributed by atoms with van der Waals surface area (Å²) < 4.78 is 0. The van der Waals surface area contributed by atoms with E-state index in [4.69, 9.17) is 0 Å². The van der Waals surface area contributed by atoms with E-state index < -0.39 is 0 Å². The summed E-state index contributed by atoms with van der Waals surface area (Å²) in [4.78, 5) is 0. The third-order valence-corrected chi connectivity index (χ3v) is 6.41. The van der Waals surface area contributed by atoms with Gasteiger partial charge in [0.25, 0.3) is 0 Å². The molecule has 167 valence electrons. The van der Waals surface area contributed by atoms with E-state index in [1.165, 1.54) is 121 Å². The van der Waals surface area contributed by atoms with Gasteiger partial charge >= 0.3 is 0 Å². The summed E-state index contributed by atoms with van der Waals surface area (Å²) >= 11 is 0. The molecule has 1 rings (SSSR count). The molecule has 0 unspecified atom stereocenters. The maximum atomic E-state index is 4.21. The van der Waals surface area contributed by atoms with Gasteiger partial charge in [-0.05, 0) is 74.1 Å². The fraction of sp³-hybridized carbons (Fsp3) is 0.759. The van der Waals surface area contributed by atoms with Crippen molar-refractivity contribution in [2.45, 2.75) is 143 Å². The summed E-state index contributed by atoms with van der Waals surface area (Å²) in [5.41, 5.74) is 6.53. The number of hydrogen-bond acceptors (Lipinski definition) is 0. The van der Waals surface area contributed by atoms with Crippen LogP contribution in [-0.4, -0.2) is 0 Å². The van der Waals surface area contributed by atoms with Crippen LogP contribution in [-0.2, 0) is 25.7 Å². The largest absolute Gasteiger partial charge is 0.0654 e. The van der Waals surface area contributed by atoms with E-state index in [0.717, 1.165) is 6.42 Å². The van der Waals surface area contributed by atoms with Crippen molar-refractivity contribution in [3.63, 3.8) is 0 Å². The number of benzene rings is 1. The molecular formula is C29H51. The molecule has 0 aliphatic carbocycles. The molecule has 0 fully saturated rings. The summed E-state index contributed by atoms with van der Waals surface area (Å²) in [6.45, 7) is 11.1. The molecule has 0 saturated heterocycles. The van der Waals surface area contributed by atoms with Gasteiger partial charge in [0.15, 0.2) is 0 Å². The number of hydrogen-bond donors (Lipinski definition) is 0. The first kappa shape index (κ1) is 26.3. The average molecular weight is 400 g/mol. The zero-order valence-electron chi connectivity index (χ0n) is 20.3. The first-order valence-electron chi connectivity index (χ1n) is 13.2. The van der Waals surface area contributed by atoms with Gasteiger partial charge in [-0.2, -0.15) is 0 Å². The molecule has 0 bridgehead atoms. The van der Waals surface area contributed by atoms with Crippen molar-refractivity contribution in [2.24, 2.45) is 0 Å². The van der Waals surface area contributed by atoms with E-state index >= 15 is 0 Å². The lowest BCUT2D eigenvalue weighted by Gasteiger charge is -2.18. The van der Waals surface area contributed by atoms with E-state index in [-0.39, 0.29) is 0 Å². The minimum absolute atomic E-state index is 0.933. The molecule has 0 saturated carbocycles. The quantitative estimate of drug-likeness (QED) is 0.203. The van der Waals surface area contributed by atoms with Crippen molar-refractivity contribution in [1.82, 2.24) is 0 Å². The number of unbranched alkanes of at least 4 members (excludes halogenated alkanes) is 12. The van der Waals surface area contributed by atoms with Crippen molar-refractivity contribution < 1.29 is 0 Å². The molecule has 0 heteroatoms. The smallest absolute Gasteiger partial charge is 0.0273 e. The van der Waals surface area contributed by atoms with Crippen LogP contribution < -0.4 is 0 Å². The Hall–Kier alpha value is -0.780. The van der Waals surface area contributed by atoms with Gasteiger partial charge in [-0.15, -0.1) is 0 Å². The van der Waals surface area contributed by atoms with Gasteiger partial charge in [0, 0.05) is 0 Å². The van der Waals surface area contributed by atoms with Gasteiger partial charge in [0.2, 0.25) is 0 Å². The Morgan fingerprint density at radius 3 is 1.28 bits per heavy atom. The van der Waals surface area contributed by atoms with Gasteiger partial charge < -0.3 is 0 Å². The summed E-state index contributed by atoms with van der Waals surface area (Å²) in [6.07, 6.45) is 25.5. The van der Waals surface area contributed by atoms with E-state index in [1.807, 2.05) is 0 Å². The van der Waals surface area contributed by atoms with Crippen molar-refractivity contribution in [2.75, 3.05) is 0 Å². The van der Waals surface area contributed by atoms with Crippen LogP contribution in [0.3, 0.4) is 0 Å². The van der Waals surface area contributed by atoms with E-state index in [1.54, 1.807) is 16.7 Å². The second-order valence-corrected chi connectivity index (χ2v) is 9.14. The molecule has 0 nitrogen and oxygen atoms in total. The first-order chi connectivity index (χ1) is 14.3. The zero-order valence-corrected chi connectivity index (χ0v) is 20.3. The van der Waals surface area contributed by atoms with Gasteiger partial charge in [-0.1, -0.05) is 110 Å². The van der Waals surface area contributed by atoms with Crippen molar-refractivity contribution >= 4 is 0 Å². The molecule has 1 aromatic rings. The Morgan fingerprint density at radius 1 is 0.517 bits per heavy atom. The predicted molar refractivity (Wildman–Crippen MR) is 133 cm³/mol. The molecule has 29 heavy (non-hydrogen) atoms. The Bertz CT molecular complexity index is 464. The fourth-order valence-electron chi connectivity index (χ4n) is 4.52. The van der Waals surface area contributed by atoms with Gasteiger partial charge in [-0.3, -0.25) is 0 Å². The molecule has 1 aromatic carbocycles. The van der Waals surface area contributed by atoms with Crippen LogP contribution in [0.5, 0.6) is 0 Å². The molecule has 0 aliphatic rings. The van der Waals surface area contributed by atoms with Crippen LogP contribution in [0.25, 0.3) is 0 Å². The standard InChI is InChI=1S/C29H51/c1-5-9-12-15-18-21-27-24-26(8-4)25-28(22-19-16-13-10-6-2)29(27)23-20-17-14-11-7-3/h24-25H,4-23H2,1-3H3. The summed E-state index contributed by atoms with van der Waals surface area (Å²) in [6, 6.07) is 5.02. The molecule has 0 atom stereocenters. The fourth-order valence-corrected chi connectivity index (χ4v) is 4.52. The third kappa shape index (κ3) is 11.9. The third-order valence-electron chi connectivity index (χ3n) is 6.41. The van der Waals surface area contributed by atoms with Crippen LogP contribution >= 0.6 is 0 Å². The summed E-state index contributed by atoms with van der Waals surface area (Å²) in [5, 5.41) is 0. The molecular weight excluding hydrogens is 348 g/mol. The monoisotopic (exact) mass is 399 g/mol. The lowest BCUT2D eigenvalue weighted by molar-refractivity contribution is 0.612. The van der Waals surface area contributed by atoms with Crippen LogP contribution in [0.4, 0.5) is 0 Å². The second kappa shape index (κ2) is 18.0. The molecule has 1 radical (unpaired) electrons. The zero-order chi connectivity index (χ0) is 21.2. The van der Waals surface area contributed by atoms with E-state index in [2.05, 4.69) is 39.8 Å².